The van der Waals surface area contributed by atoms with E-state index in [1.54, 1.807) is 6.92 Å². The van der Waals surface area contributed by atoms with Crippen molar-refractivity contribution in [1.29, 1.82) is 0 Å². The number of aliphatic hydroxyl groups is 1. The van der Waals surface area contributed by atoms with Crippen molar-refractivity contribution in [2.24, 2.45) is 0 Å². The molecule has 1 aromatic heterocycles. The third kappa shape index (κ3) is 4.37. The monoisotopic (exact) mass is 383 g/mol. The molecule has 9 nitrogen and oxygen atoms in total. The van der Waals surface area contributed by atoms with Gasteiger partial charge in [0.15, 0.2) is 5.82 Å². The van der Waals surface area contributed by atoms with Gasteiger partial charge >= 0.3 is 0 Å². The summed E-state index contributed by atoms with van der Waals surface area (Å²) in [6.45, 7) is 2.12. The number of nitro benzene ring substituents is 1. The number of ether oxygens (including phenoxy) is 3. The normalized spacial score (nSPS) is 11.9. The van der Waals surface area contributed by atoms with Gasteiger partial charge in [0.05, 0.1) is 42.9 Å². The molecule has 0 spiro atoms. The van der Waals surface area contributed by atoms with E-state index in [9.17, 15) is 15.2 Å². The lowest BCUT2D eigenvalue weighted by atomic mass is 10.0. The van der Waals surface area contributed by atoms with Gasteiger partial charge in [0, 0.05) is 11.6 Å². The van der Waals surface area contributed by atoms with E-state index in [4.69, 9.17) is 25.8 Å². The topological polar surface area (TPSA) is 117 Å². The van der Waals surface area contributed by atoms with Crippen LogP contribution in [0.3, 0.4) is 0 Å². The van der Waals surface area contributed by atoms with Gasteiger partial charge in [0.2, 0.25) is 11.8 Å². The Morgan fingerprint density at radius 3 is 2.35 bits per heavy atom. The average Bonchev–Trinajstić information content (AvgIpc) is 2.64. The molecule has 0 aliphatic rings. The molecule has 1 aromatic carbocycles. The Hall–Kier alpha value is -2.49. The van der Waals surface area contributed by atoms with Crippen LogP contribution < -0.4 is 9.47 Å². The number of aromatic nitrogens is 2. The summed E-state index contributed by atoms with van der Waals surface area (Å²) in [5.74, 6) is 0.171. The van der Waals surface area contributed by atoms with Crippen LogP contribution in [-0.2, 0) is 11.3 Å². The molecule has 0 aliphatic carbocycles. The lowest BCUT2D eigenvalue weighted by Crippen LogP contribution is -2.11. The molecule has 2 aromatic rings. The van der Waals surface area contributed by atoms with E-state index >= 15 is 0 Å². The summed E-state index contributed by atoms with van der Waals surface area (Å²) in [4.78, 5) is 19.1. The Morgan fingerprint density at radius 1 is 1.23 bits per heavy atom. The number of halogens is 1. The number of rotatable bonds is 8. The van der Waals surface area contributed by atoms with E-state index in [-0.39, 0.29) is 46.0 Å². The molecule has 140 valence electrons. The van der Waals surface area contributed by atoms with Crippen LogP contribution in [-0.4, -0.2) is 40.8 Å². The van der Waals surface area contributed by atoms with E-state index < -0.39 is 11.0 Å². The second kappa shape index (κ2) is 8.75. The third-order valence-corrected chi connectivity index (χ3v) is 3.70. The predicted octanol–water partition coefficient (Wildman–Crippen LogP) is 2.67. The zero-order chi connectivity index (χ0) is 19.3. The highest BCUT2D eigenvalue weighted by Crippen LogP contribution is 2.35. The maximum absolute atomic E-state index is 11.6. The Morgan fingerprint density at radius 2 is 1.85 bits per heavy atom. The van der Waals surface area contributed by atoms with Crippen LogP contribution in [0, 0.1) is 10.1 Å². The number of hydrogen-bond acceptors (Lipinski definition) is 8. The minimum Gasteiger partial charge on any atom is -0.481 e. The standard InChI is InChI=1S/C16H18ClN3O6/c1-4-26-8-9-5-10(17)6-11(14(9)20(22)23)15(21)16-18-12(24-2)7-13(19-16)25-3/h5-7,15,21H,4,8H2,1-3H3. The molecule has 10 heteroatoms. The van der Waals surface area contributed by atoms with Crippen LogP contribution in [0.15, 0.2) is 18.2 Å². The number of benzene rings is 1. The van der Waals surface area contributed by atoms with E-state index in [1.165, 1.54) is 32.4 Å². The van der Waals surface area contributed by atoms with Crippen LogP contribution in [0.4, 0.5) is 5.69 Å². The number of nitro groups is 1. The first-order chi connectivity index (χ1) is 12.4. The van der Waals surface area contributed by atoms with E-state index in [0.29, 0.717) is 6.61 Å². The van der Waals surface area contributed by atoms with Gasteiger partial charge in [-0.25, -0.2) is 0 Å². The number of methoxy groups -OCH3 is 2. The van der Waals surface area contributed by atoms with Gasteiger partial charge in [-0.1, -0.05) is 11.6 Å². The molecule has 1 heterocycles. The largest absolute Gasteiger partial charge is 0.481 e. The summed E-state index contributed by atoms with van der Waals surface area (Å²) in [6.07, 6.45) is -1.52. The smallest absolute Gasteiger partial charge is 0.281 e. The van der Waals surface area contributed by atoms with Crippen molar-refractivity contribution in [2.75, 3.05) is 20.8 Å². The summed E-state index contributed by atoms with van der Waals surface area (Å²) in [6, 6.07) is 4.15. The fourth-order valence-corrected chi connectivity index (χ4v) is 2.57. The molecule has 0 bridgehead atoms. The van der Waals surface area contributed by atoms with Crippen LogP contribution in [0.5, 0.6) is 11.8 Å². The molecule has 0 amide bonds. The van der Waals surface area contributed by atoms with E-state index in [1.807, 2.05) is 0 Å². The van der Waals surface area contributed by atoms with Crippen molar-refractivity contribution in [1.82, 2.24) is 9.97 Å². The average molecular weight is 384 g/mol. The van der Waals surface area contributed by atoms with Crippen LogP contribution in [0.1, 0.15) is 30.0 Å². The third-order valence-electron chi connectivity index (χ3n) is 3.48. The molecule has 0 saturated heterocycles. The van der Waals surface area contributed by atoms with Crippen molar-refractivity contribution in [3.63, 3.8) is 0 Å². The first-order valence-corrected chi connectivity index (χ1v) is 7.98. The highest BCUT2D eigenvalue weighted by molar-refractivity contribution is 6.30. The quantitative estimate of drug-likeness (QED) is 0.546. The first-order valence-electron chi connectivity index (χ1n) is 7.60. The van der Waals surface area contributed by atoms with Gasteiger partial charge in [-0.15, -0.1) is 0 Å². The highest BCUT2D eigenvalue weighted by atomic mass is 35.5. The summed E-state index contributed by atoms with van der Waals surface area (Å²) in [7, 11) is 2.78. The summed E-state index contributed by atoms with van der Waals surface area (Å²) < 4.78 is 15.3. The van der Waals surface area contributed by atoms with Crippen molar-refractivity contribution < 1.29 is 24.2 Å². The Bertz CT molecular complexity index is 780. The maximum atomic E-state index is 11.6. The van der Waals surface area contributed by atoms with E-state index in [2.05, 4.69) is 9.97 Å². The lowest BCUT2D eigenvalue weighted by molar-refractivity contribution is -0.387. The molecule has 0 saturated carbocycles. The maximum Gasteiger partial charge on any atom is 0.281 e. The van der Waals surface area contributed by atoms with Crippen molar-refractivity contribution in [2.45, 2.75) is 19.6 Å². The SMILES string of the molecule is CCOCc1cc(Cl)cc(C(O)c2nc(OC)cc(OC)n2)c1[N+](=O)[O-]. The zero-order valence-corrected chi connectivity index (χ0v) is 15.2. The molecule has 0 fully saturated rings. The molecule has 1 N–H and O–H groups in total. The lowest BCUT2D eigenvalue weighted by Gasteiger charge is -2.15. The Labute approximate surface area is 154 Å². The molecule has 1 atom stereocenters. The minimum absolute atomic E-state index is 0.0185. The van der Waals surface area contributed by atoms with Crippen LogP contribution >= 0.6 is 11.6 Å². The van der Waals surface area contributed by atoms with Gasteiger partial charge in [0.1, 0.15) is 6.10 Å². The van der Waals surface area contributed by atoms with Gasteiger partial charge < -0.3 is 19.3 Å². The van der Waals surface area contributed by atoms with Gasteiger partial charge in [-0.3, -0.25) is 10.1 Å². The molecule has 1 unspecified atom stereocenters. The van der Waals surface area contributed by atoms with Crippen LogP contribution in [0.2, 0.25) is 5.02 Å². The fourth-order valence-electron chi connectivity index (χ4n) is 2.32. The molecule has 0 radical (unpaired) electrons. The summed E-state index contributed by atoms with van der Waals surface area (Å²) in [5, 5.41) is 22.5. The highest BCUT2D eigenvalue weighted by Gasteiger charge is 2.29. The zero-order valence-electron chi connectivity index (χ0n) is 14.4. The Balaban J connectivity index is 2.59. The van der Waals surface area contributed by atoms with Crippen LogP contribution in [0.25, 0.3) is 0 Å². The number of nitrogens with zero attached hydrogens (tertiary/aromatic N) is 3. The molecule has 2 rings (SSSR count). The van der Waals surface area contributed by atoms with Crippen molar-refractivity contribution in [3.05, 3.63) is 50.3 Å². The molecular formula is C16H18ClN3O6. The fraction of sp³-hybridized carbons (Fsp3) is 0.375. The van der Waals surface area contributed by atoms with Gasteiger partial charge in [-0.05, 0) is 19.1 Å². The Kier molecular flexibility index (Phi) is 6.67. The second-order valence-electron chi connectivity index (χ2n) is 5.11. The summed E-state index contributed by atoms with van der Waals surface area (Å²) in [5.41, 5.74) is -0.110. The molecule has 26 heavy (non-hydrogen) atoms. The van der Waals surface area contributed by atoms with Gasteiger partial charge in [-0.2, -0.15) is 9.97 Å². The summed E-state index contributed by atoms with van der Waals surface area (Å²) >= 11 is 6.07. The molecule has 0 aliphatic heterocycles. The number of hydrogen-bond donors (Lipinski definition) is 1. The second-order valence-corrected chi connectivity index (χ2v) is 5.55. The number of aliphatic hydroxyl groups excluding tert-OH is 1. The van der Waals surface area contributed by atoms with Gasteiger partial charge in [0.25, 0.3) is 5.69 Å². The molecular weight excluding hydrogens is 366 g/mol. The van der Waals surface area contributed by atoms with Crippen molar-refractivity contribution in [3.8, 4) is 11.8 Å². The van der Waals surface area contributed by atoms with E-state index in [0.717, 1.165) is 0 Å². The first kappa shape index (κ1) is 19.8. The minimum atomic E-state index is -1.52. The predicted molar refractivity (Wildman–Crippen MR) is 92.6 cm³/mol. The van der Waals surface area contributed by atoms with Crippen molar-refractivity contribution >= 4 is 17.3 Å².